The second-order valence-corrected chi connectivity index (χ2v) is 4.27. The summed E-state index contributed by atoms with van der Waals surface area (Å²) in [5.74, 6) is -5.20. The van der Waals surface area contributed by atoms with Crippen LogP contribution in [-0.2, 0) is 10.3 Å². The number of halogens is 4. The van der Waals surface area contributed by atoms with Crippen molar-refractivity contribution in [3.63, 3.8) is 0 Å². The van der Waals surface area contributed by atoms with Gasteiger partial charge in [0.1, 0.15) is 12.5 Å². The van der Waals surface area contributed by atoms with Crippen LogP contribution in [-0.4, -0.2) is 18.5 Å². The number of piperidine rings is 1. The van der Waals surface area contributed by atoms with Gasteiger partial charge in [0.2, 0.25) is 5.91 Å². The first-order chi connectivity index (χ1) is 8.43. The van der Waals surface area contributed by atoms with Gasteiger partial charge in [-0.25, -0.2) is 17.6 Å². The molecule has 0 aromatic heterocycles. The zero-order valence-corrected chi connectivity index (χ0v) is 9.35. The molecular weight excluding hydrogens is 250 g/mol. The average molecular weight is 261 g/mol. The highest BCUT2D eigenvalue weighted by atomic mass is 19.3. The third-order valence-electron chi connectivity index (χ3n) is 3.18. The van der Waals surface area contributed by atoms with Crippen molar-refractivity contribution in [2.75, 3.05) is 6.67 Å². The molecule has 2 rings (SSSR count). The molecule has 0 bridgehead atoms. The van der Waals surface area contributed by atoms with Crippen molar-refractivity contribution in [3.05, 3.63) is 35.6 Å². The molecule has 1 atom stereocenters. The van der Waals surface area contributed by atoms with E-state index in [1.807, 2.05) is 5.32 Å². The number of carbonyl (C=O) groups excluding carboxylic acids is 1. The second-order valence-electron chi connectivity index (χ2n) is 4.27. The topological polar surface area (TPSA) is 29.1 Å². The maximum Gasteiger partial charge on any atom is 0.278 e. The first kappa shape index (κ1) is 12.9. The number of nitrogens with one attached hydrogen (secondary N) is 1. The van der Waals surface area contributed by atoms with Gasteiger partial charge in [0, 0.05) is 18.4 Å². The molecule has 1 aliphatic heterocycles. The van der Waals surface area contributed by atoms with Gasteiger partial charge in [-0.3, -0.25) is 4.79 Å². The molecule has 1 N–H and O–H groups in total. The van der Waals surface area contributed by atoms with Crippen LogP contribution in [0.25, 0.3) is 0 Å². The molecule has 0 radical (unpaired) electrons. The van der Waals surface area contributed by atoms with Crippen LogP contribution in [0.15, 0.2) is 24.3 Å². The van der Waals surface area contributed by atoms with Crippen LogP contribution < -0.4 is 5.32 Å². The van der Waals surface area contributed by atoms with Crippen LogP contribution in [0.5, 0.6) is 0 Å². The van der Waals surface area contributed by atoms with Gasteiger partial charge < -0.3 is 5.32 Å². The Hall–Kier alpha value is -1.59. The Bertz CT molecular complexity index is 477. The normalized spacial score (nSPS) is 26.8. The zero-order valence-electron chi connectivity index (χ0n) is 9.35. The highest BCUT2D eigenvalue weighted by Gasteiger charge is 2.59. The Morgan fingerprint density at radius 1 is 1.28 bits per heavy atom. The quantitative estimate of drug-likeness (QED) is 0.814. The van der Waals surface area contributed by atoms with Gasteiger partial charge >= 0.3 is 0 Å². The molecule has 0 spiro atoms. The van der Waals surface area contributed by atoms with Gasteiger partial charge in [0.25, 0.3) is 5.92 Å². The van der Waals surface area contributed by atoms with Crippen LogP contribution in [0.4, 0.5) is 17.6 Å². The van der Waals surface area contributed by atoms with E-state index >= 15 is 0 Å². The van der Waals surface area contributed by atoms with E-state index in [1.165, 1.54) is 12.1 Å². The first-order valence-corrected chi connectivity index (χ1v) is 5.43. The van der Waals surface area contributed by atoms with Crippen molar-refractivity contribution in [1.29, 1.82) is 0 Å². The van der Waals surface area contributed by atoms with E-state index < -0.39 is 48.3 Å². The van der Waals surface area contributed by atoms with Gasteiger partial charge in [-0.2, -0.15) is 0 Å². The molecule has 2 nitrogen and oxygen atoms in total. The summed E-state index contributed by atoms with van der Waals surface area (Å²) in [4.78, 5) is 11.3. The zero-order chi connectivity index (χ0) is 13.4. The van der Waals surface area contributed by atoms with Gasteiger partial charge in [-0.1, -0.05) is 18.2 Å². The average Bonchev–Trinajstić information content (AvgIpc) is 2.33. The highest BCUT2D eigenvalue weighted by Crippen LogP contribution is 2.44. The molecule has 6 heteroatoms. The van der Waals surface area contributed by atoms with E-state index in [4.69, 9.17) is 0 Å². The predicted octanol–water partition coefficient (Wildman–Crippen LogP) is 2.54. The highest BCUT2D eigenvalue weighted by molar-refractivity contribution is 5.78. The molecule has 0 aliphatic carbocycles. The minimum atomic E-state index is -3.53. The summed E-state index contributed by atoms with van der Waals surface area (Å²) in [6, 6.07) is 4.66. The Morgan fingerprint density at radius 3 is 2.56 bits per heavy atom. The monoisotopic (exact) mass is 261 g/mol. The Morgan fingerprint density at radius 2 is 1.94 bits per heavy atom. The summed E-state index contributed by atoms with van der Waals surface area (Å²) in [5, 5.41) is 1.92. The molecule has 1 fully saturated rings. The van der Waals surface area contributed by atoms with E-state index in [-0.39, 0.29) is 0 Å². The van der Waals surface area contributed by atoms with Crippen molar-refractivity contribution in [2.24, 2.45) is 0 Å². The molecular formula is C12H11F4NO. The van der Waals surface area contributed by atoms with E-state index in [2.05, 4.69) is 0 Å². The van der Waals surface area contributed by atoms with Crippen molar-refractivity contribution in [3.8, 4) is 0 Å². The maximum absolute atomic E-state index is 13.9. The van der Waals surface area contributed by atoms with Crippen LogP contribution in [0.3, 0.4) is 0 Å². The van der Waals surface area contributed by atoms with Gasteiger partial charge in [-0.05, 0) is 6.07 Å². The number of carbonyl (C=O) groups is 1. The van der Waals surface area contributed by atoms with E-state index in [0.29, 0.717) is 0 Å². The number of amides is 1. The summed E-state index contributed by atoms with van der Waals surface area (Å²) in [7, 11) is 0. The molecule has 1 unspecified atom stereocenters. The van der Waals surface area contributed by atoms with Gasteiger partial charge in [0.05, 0.1) is 0 Å². The third kappa shape index (κ3) is 1.76. The molecule has 1 heterocycles. The second kappa shape index (κ2) is 4.26. The summed E-state index contributed by atoms with van der Waals surface area (Å²) < 4.78 is 54.7. The molecule has 1 aliphatic rings. The Kier molecular flexibility index (Phi) is 3.04. The fraction of sp³-hybridized carbons (Fsp3) is 0.417. The lowest BCUT2D eigenvalue weighted by Gasteiger charge is -2.42. The third-order valence-corrected chi connectivity index (χ3v) is 3.18. The van der Waals surface area contributed by atoms with Crippen molar-refractivity contribution >= 4 is 5.91 Å². The predicted molar refractivity (Wildman–Crippen MR) is 56.4 cm³/mol. The van der Waals surface area contributed by atoms with E-state index in [1.54, 1.807) is 0 Å². The number of alkyl halides is 3. The molecule has 1 saturated heterocycles. The van der Waals surface area contributed by atoms with Gasteiger partial charge in [0.15, 0.2) is 5.54 Å². The maximum atomic E-state index is 13.9. The molecule has 18 heavy (non-hydrogen) atoms. The van der Waals surface area contributed by atoms with Crippen LogP contribution in [0, 0.1) is 5.82 Å². The summed E-state index contributed by atoms with van der Waals surface area (Å²) in [5.41, 5.74) is -3.13. The number of hydrogen-bond acceptors (Lipinski definition) is 1. The minimum Gasteiger partial charge on any atom is -0.339 e. The summed E-state index contributed by atoms with van der Waals surface area (Å²) in [6.07, 6.45) is -1.19. The Balaban J connectivity index is 2.59. The van der Waals surface area contributed by atoms with E-state index in [0.717, 1.165) is 12.1 Å². The van der Waals surface area contributed by atoms with Crippen molar-refractivity contribution in [1.82, 2.24) is 5.32 Å². The largest absolute Gasteiger partial charge is 0.339 e. The smallest absolute Gasteiger partial charge is 0.278 e. The number of hydrogen-bond donors (Lipinski definition) is 1. The fourth-order valence-electron chi connectivity index (χ4n) is 2.15. The lowest BCUT2D eigenvalue weighted by atomic mass is 9.79. The lowest BCUT2D eigenvalue weighted by molar-refractivity contribution is -0.156. The summed E-state index contributed by atoms with van der Waals surface area (Å²) >= 11 is 0. The first-order valence-electron chi connectivity index (χ1n) is 5.43. The van der Waals surface area contributed by atoms with Crippen molar-refractivity contribution < 1.29 is 22.4 Å². The SMILES string of the molecule is O=C1CCC(F)(F)C(CF)(c2ccccc2F)N1. The van der Waals surface area contributed by atoms with Crippen LogP contribution in [0.2, 0.25) is 0 Å². The number of rotatable bonds is 2. The van der Waals surface area contributed by atoms with Crippen molar-refractivity contribution in [2.45, 2.75) is 24.3 Å². The molecule has 98 valence electrons. The number of benzene rings is 1. The van der Waals surface area contributed by atoms with E-state index in [9.17, 15) is 22.4 Å². The molecule has 0 saturated carbocycles. The van der Waals surface area contributed by atoms with Gasteiger partial charge in [-0.15, -0.1) is 0 Å². The Labute approximate surface area is 101 Å². The minimum absolute atomic E-state index is 0.400. The lowest BCUT2D eigenvalue weighted by Crippen LogP contribution is -2.63. The summed E-state index contributed by atoms with van der Waals surface area (Å²) in [6.45, 7) is -1.56. The molecule has 1 aromatic carbocycles. The van der Waals surface area contributed by atoms with Crippen LogP contribution >= 0.6 is 0 Å². The molecule has 1 amide bonds. The van der Waals surface area contributed by atoms with Crippen LogP contribution in [0.1, 0.15) is 18.4 Å². The standard InChI is InChI=1S/C12H11F4NO/c13-7-11(8-3-1-2-4-9(8)14)12(15,16)6-5-10(18)17-11/h1-4H,5-7H2,(H,17,18). The fourth-order valence-corrected chi connectivity index (χ4v) is 2.15. The molecule has 1 aromatic rings.